The number of aldehydes is 1. The maximum absolute atomic E-state index is 11.9. The van der Waals surface area contributed by atoms with Crippen molar-refractivity contribution < 1.29 is 9.59 Å². The Morgan fingerprint density at radius 2 is 1.93 bits per heavy atom. The summed E-state index contributed by atoms with van der Waals surface area (Å²) in [5.41, 5.74) is 0.138. The smallest absolute Gasteiger partial charge is 0.150 e. The second-order valence-electron chi connectivity index (χ2n) is 3.97. The lowest BCUT2D eigenvalue weighted by Crippen LogP contribution is -2.30. The van der Waals surface area contributed by atoms with Crippen LogP contribution in [0.1, 0.15) is 25.8 Å². The first-order valence-corrected chi connectivity index (χ1v) is 5.16. The SMILES string of the molecule is CCC(C)(C=O)C(=O)Cc1ccccc1. The molecule has 0 fully saturated rings. The highest BCUT2D eigenvalue weighted by Gasteiger charge is 2.30. The lowest BCUT2D eigenvalue weighted by molar-refractivity contribution is -0.133. The third-order valence-corrected chi connectivity index (χ3v) is 2.84. The molecule has 0 spiro atoms. The first-order chi connectivity index (χ1) is 7.12. The van der Waals surface area contributed by atoms with Crippen molar-refractivity contribution in [1.29, 1.82) is 0 Å². The maximum Gasteiger partial charge on any atom is 0.150 e. The summed E-state index contributed by atoms with van der Waals surface area (Å²) in [6, 6.07) is 9.50. The van der Waals surface area contributed by atoms with Crippen molar-refractivity contribution in [3.05, 3.63) is 35.9 Å². The molecule has 0 radical (unpaired) electrons. The highest BCUT2D eigenvalue weighted by atomic mass is 16.1. The van der Waals surface area contributed by atoms with Gasteiger partial charge in [-0.3, -0.25) is 4.79 Å². The number of carbonyl (C=O) groups excluding carboxylic acids is 2. The third-order valence-electron chi connectivity index (χ3n) is 2.84. The molecule has 2 nitrogen and oxygen atoms in total. The first-order valence-electron chi connectivity index (χ1n) is 5.16. The van der Waals surface area contributed by atoms with E-state index in [-0.39, 0.29) is 5.78 Å². The van der Waals surface area contributed by atoms with Gasteiger partial charge in [0.15, 0.2) is 0 Å². The quantitative estimate of drug-likeness (QED) is 0.545. The van der Waals surface area contributed by atoms with Crippen molar-refractivity contribution in [3.8, 4) is 0 Å². The fourth-order valence-electron chi connectivity index (χ4n) is 1.33. The Morgan fingerprint density at radius 1 is 1.33 bits per heavy atom. The summed E-state index contributed by atoms with van der Waals surface area (Å²) in [6.07, 6.45) is 1.66. The van der Waals surface area contributed by atoms with Crippen LogP contribution in [0.2, 0.25) is 0 Å². The number of Topliss-reactive ketones (excluding diaryl/α,β-unsaturated/α-hetero) is 1. The Balaban J connectivity index is 2.75. The number of rotatable bonds is 5. The second kappa shape index (κ2) is 4.87. The van der Waals surface area contributed by atoms with E-state index in [1.165, 1.54) is 0 Å². The minimum Gasteiger partial charge on any atom is -0.302 e. The highest BCUT2D eigenvalue weighted by molar-refractivity contribution is 5.98. The van der Waals surface area contributed by atoms with Gasteiger partial charge in [0.05, 0.1) is 5.41 Å². The minimum atomic E-state index is -0.824. The molecule has 0 saturated heterocycles. The van der Waals surface area contributed by atoms with E-state index in [1.54, 1.807) is 6.92 Å². The number of hydrogen-bond acceptors (Lipinski definition) is 2. The molecule has 0 aromatic heterocycles. The Morgan fingerprint density at radius 3 is 2.40 bits per heavy atom. The van der Waals surface area contributed by atoms with Crippen LogP contribution in [-0.4, -0.2) is 12.1 Å². The number of ketones is 1. The van der Waals surface area contributed by atoms with Crippen molar-refractivity contribution in [1.82, 2.24) is 0 Å². The Bertz CT molecular complexity index is 343. The van der Waals surface area contributed by atoms with Crippen LogP contribution in [0.15, 0.2) is 30.3 Å². The fourth-order valence-corrected chi connectivity index (χ4v) is 1.33. The molecular formula is C13H16O2. The summed E-state index contributed by atoms with van der Waals surface area (Å²) in [5, 5.41) is 0. The molecule has 1 rings (SSSR count). The van der Waals surface area contributed by atoms with Crippen LogP contribution >= 0.6 is 0 Å². The Labute approximate surface area is 90.3 Å². The molecule has 1 aromatic rings. The van der Waals surface area contributed by atoms with Gasteiger partial charge in [0.1, 0.15) is 12.1 Å². The number of hydrogen-bond donors (Lipinski definition) is 0. The van der Waals surface area contributed by atoms with Crippen molar-refractivity contribution in [2.45, 2.75) is 26.7 Å². The van der Waals surface area contributed by atoms with Gasteiger partial charge in [-0.15, -0.1) is 0 Å². The molecule has 0 aliphatic rings. The predicted octanol–water partition coefficient (Wildman–Crippen LogP) is 2.41. The third kappa shape index (κ3) is 2.75. The largest absolute Gasteiger partial charge is 0.302 e. The van der Waals surface area contributed by atoms with E-state index in [2.05, 4.69) is 0 Å². The van der Waals surface area contributed by atoms with Crippen molar-refractivity contribution in [2.24, 2.45) is 5.41 Å². The molecule has 0 saturated carbocycles. The zero-order valence-electron chi connectivity index (χ0n) is 9.19. The zero-order chi connectivity index (χ0) is 11.3. The average molecular weight is 204 g/mol. The summed E-state index contributed by atoms with van der Waals surface area (Å²) in [5.74, 6) is -0.00815. The molecule has 1 atom stereocenters. The Hall–Kier alpha value is -1.44. The van der Waals surface area contributed by atoms with Crippen LogP contribution in [0.5, 0.6) is 0 Å². The molecule has 0 bridgehead atoms. The number of carbonyl (C=O) groups is 2. The monoisotopic (exact) mass is 204 g/mol. The molecule has 2 heteroatoms. The molecule has 0 amide bonds. The highest BCUT2D eigenvalue weighted by Crippen LogP contribution is 2.21. The second-order valence-corrected chi connectivity index (χ2v) is 3.97. The predicted molar refractivity (Wildman–Crippen MR) is 59.6 cm³/mol. The van der Waals surface area contributed by atoms with Gasteiger partial charge in [0, 0.05) is 6.42 Å². The van der Waals surface area contributed by atoms with E-state index in [9.17, 15) is 9.59 Å². The summed E-state index contributed by atoms with van der Waals surface area (Å²) in [6.45, 7) is 3.56. The van der Waals surface area contributed by atoms with Crippen molar-refractivity contribution in [3.63, 3.8) is 0 Å². The van der Waals surface area contributed by atoms with Gasteiger partial charge < -0.3 is 4.79 Å². The normalized spacial score (nSPS) is 14.3. The van der Waals surface area contributed by atoms with E-state index in [1.807, 2.05) is 37.3 Å². The molecule has 0 aliphatic heterocycles. The van der Waals surface area contributed by atoms with Crippen LogP contribution in [0.3, 0.4) is 0 Å². The summed E-state index contributed by atoms with van der Waals surface area (Å²) in [7, 11) is 0. The molecule has 1 aromatic carbocycles. The van der Waals surface area contributed by atoms with Gasteiger partial charge in [0.2, 0.25) is 0 Å². The molecule has 0 heterocycles. The van der Waals surface area contributed by atoms with Gasteiger partial charge >= 0.3 is 0 Å². The lowest BCUT2D eigenvalue weighted by Gasteiger charge is -2.18. The maximum atomic E-state index is 11.9. The van der Waals surface area contributed by atoms with Crippen LogP contribution in [0.25, 0.3) is 0 Å². The van der Waals surface area contributed by atoms with E-state index in [0.29, 0.717) is 12.8 Å². The standard InChI is InChI=1S/C13H16O2/c1-3-13(2,10-14)12(15)9-11-7-5-4-6-8-11/h4-8,10H,3,9H2,1-2H3. The van der Waals surface area contributed by atoms with Crippen molar-refractivity contribution >= 4 is 12.1 Å². The summed E-state index contributed by atoms with van der Waals surface area (Å²) >= 11 is 0. The molecule has 15 heavy (non-hydrogen) atoms. The molecule has 1 unspecified atom stereocenters. The van der Waals surface area contributed by atoms with Gasteiger partial charge in [-0.1, -0.05) is 37.3 Å². The topological polar surface area (TPSA) is 34.1 Å². The van der Waals surface area contributed by atoms with Crippen LogP contribution in [0.4, 0.5) is 0 Å². The van der Waals surface area contributed by atoms with Gasteiger partial charge in [-0.25, -0.2) is 0 Å². The number of benzene rings is 1. The first kappa shape index (κ1) is 11.6. The van der Waals surface area contributed by atoms with Gasteiger partial charge in [-0.2, -0.15) is 0 Å². The van der Waals surface area contributed by atoms with E-state index in [4.69, 9.17) is 0 Å². The van der Waals surface area contributed by atoms with Crippen LogP contribution in [-0.2, 0) is 16.0 Å². The van der Waals surface area contributed by atoms with Crippen LogP contribution < -0.4 is 0 Å². The van der Waals surface area contributed by atoms with E-state index in [0.717, 1.165) is 11.8 Å². The van der Waals surface area contributed by atoms with Gasteiger partial charge in [0.25, 0.3) is 0 Å². The molecular weight excluding hydrogens is 188 g/mol. The summed E-state index contributed by atoms with van der Waals surface area (Å²) < 4.78 is 0. The molecule has 0 N–H and O–H groups in total. The zero-order valence-corrected chi connectivity index (χ0v) is 9.19. The van der Waals surface area contributed by atoms with Crippen molar-refractivity contribution in [2.75, 3.05) is 0 Å². The minimum absolute atomic E-state index is 0.00815. The molecule has 80 valence electrons. The average Bonchev–Trinajstić information content (AvgIpc) is 2.29. The molecule has 0 aliphatic carbocycles. The van der Waals surface area contributed by atoms with Gasteiger partial charge in [-0.05, 0) is 18.9 Å². The van der Waals surface area contributed by atoms with E-state index >= 15 is 0 Å². The fraction of sp³-hybridized carbons (Fsp3) is 0.385. The Kier molecular flexibility index (Phi) is 3.78. The lowest BCUT2D eigenvalue weighted by atomic mass is 9.82. The van der Waals surface area contributed by atoms with Crippen LogP contribution in [0, 0.1) is 5.41 Å². The summed E-state index contributed by atoms with van der Waals surface area (Å²) in [4.78, 5) is 22.7. The van der Waals surface area contributed by atoms with E-state index < -0.39 is 5.41 Å².